The van der Waals surface area contributed by atoms with Crippen LogP contribution in [0.4, 0.5) is 0 Å². The zero-order chi connectivity index (χ0) is 17.5. The van der Waals surface area contributed by atoms with E-state index in [9.17, 15) is 9.59 Å². The van der Waals surface area contributed by atoms with Gasteiger partial charge < -0.3 is 19.3 Å². The van der Waals surface area contributed by atoms with Gasteiger partial charge in [0.1, 0.15) is 17.1 Å². The van der Waals surface area contributed by atoms with Crippen LogP contribution in [0.5, 0.6) is 5.75 Å². The van der Waals surface area contributed by atoms with Crippen LogP contribution in [-0.4, -0.2) is 37.3 Å². The van der Waals surface area contributed by atoms with E-state index in [2.05, 4.69) is 10.5 Å². The number of hydrogen-bond donors (Lipinski definition) is 1. The van der Waals surface area contributed by atoms with Gasteiger partial charge in [-0.1, -0.05) is 17.3 Å². The van der Waals surface area contributed by atoms with Crippen molar-refractivity contribution in [2.75, 3.05) is 20.3 Å². The lowest BCUT2D eigenvalue weighted by molar-refractivity contribution is -0.124. The highest BCUT2D eigenvalue weighted by Gasteiger charge is 2.19. The first-order valence-electron chi connectivity index (χ1n) is 7.51. The maximum absolute atomic E-state index is 11.9. The quantitative estimate of drug-likeness (QED) is 0.778. The number of carbonyl (C=O) groups is 2. The van der Waals surface area contributed by atoms with E-state index in [4.69, 9.17) is 14.0 Å². The zero-order valence-electron chi connectivity index (χ0n) is 13.9. The van der Waals surface area contributed by atoms with E-state index in [0.29, 0.717) is 24.4 Å². The van der Waals surface area contributed by atoms with Crippen LogP contribution in [0.1, 0.15) is 27.4 Å². The molecule has 0 aliphatic rings. The number of carbonyl (C=O) groups excluding carboxylic acids is 2. The molecule has 0 fully saturated rings. The number of hydrogen-bond acceptors (Lipinski definition) is 6. The number of esters is 1. The third kappa shape index (κ3) is 4.58. The van der Waals surface area contributed by atoms with E-state index in [1.807, 2.05) is 24.3 Å². The minimum absolute atomic E-state index is 0.265. The lowest BCUT2D eigenvalue weighted by atomic mass is 10.1. The molecule has 0 spiro atoms. The molecule has 2 rings (SSSR count). The minimum atomic E-state index is -0.614. The fourth-order valence-corrected chi connectivity index (χ4v) is 2.17. The molecule has 0 aliphatic heterocycles. The summed E-state index contributed by atoms with van der Waals surface area (Å²) in [4.78, 5) is 23.6. The number of methoxy groups -OCH3 is 1. The van der Waals surface area contributed by atoms with Crippen LogP contribution in [0.15, 0.2) is 28.8 Å². The van der Waals surface area contributed by atoms with Gasteiger partial charge in [0, 0.05) is 6.54 Å². The summed E-state index contributed by atoms with van der Waals surface area (Å²) in [5.41, 5.74) is 1.78. The molecule has 1 aromatic heterocycles. The molecule has 0 aliphatic carbocycles. The Morgan fingerprint density at radius 1 is 1.21 bits per heavy atom. The maximum atomic E-state index is 11.9. The second-order valence-electron chi connectivity index (χ2n) is 5.22. The van der Waals surface area contributed by atoms with Crippen LogP contribution >= 0.6 is 0 Å². The highest BCUT2D eigenvalue weighted by molar-refractivity contribution is 5.93. The molecule has 0 unspecified atom stereocenters. The monoisotopic (exact) mass is 332 g/mol. The topological polar surface area (TPSA) is 90.7 Å². The van der Waals surface area contributed by atoms with Crippen LogP contribution in [-0.2, 0) is 16.0 Å². The summed E-state index contributed by atoms with van der Waals surface area (Å²) >= 11 is 0. The van der Waals surface area contributed by atoms with Crippen molar-refractivity contribution < 1.29 is 23.6 Å². The summed E-state index contributed by atoms with van der Waals surface area (Å²) in [6.07, 6.45) is 0.674. The SMILES string of the molecule is COc1ccc(CCNC(=O)COC(=O)c2c(C)noc2C)cc1. The first-order valence-corrected chi connectivity index (χ1v) is 7.51. The van der Waals surface area contributed by atoms with Crippen molar-refractivity contribution in [1.82, 2.24) is 10.5 Å². The predicted octanol–water partition coefficient (Wildman–Crippen LogP) is 1.82. The first kappa shape index (κ1) is 17.5. The third-order valence-electron chi connectivity index (χ3n) is 3.47. The Hall–Kier alpha value is -2.83. The van der Waals surface area contributed by atoms with Crippen molar-refractivity contribution >= 4 is 11.9 Å². The molecular weight excluding hydrogens is 312 g/mol. The number of aromatic nitrogens is 1. The summed E-state index contributed by atoms with van der Waals surface area (Å²) < 4.78 is 15.0. The molecule has 0 bridgehead atoms. The van der Waals surface area contributed by atoms with Crippen molar-refractivity contribution in [2.24, 2.45) is 0 Å². The van der Waals surface area contributed by atoms with Gasteiger partial charge in [0.25, 0.3) is 5.91 Å². The Balaban J connectivity index is 1.72. The normalized spacial score (nSPS) is 10.3. The van der Waals surface area contributed by atoms with Gasteiger partial charge in [0.2, 0.25) is 0 Å². The summed E-state index contributed by atoms with van der Waals surface area (Å²) in [5, 5.41) is 6.38. The third-order valence-corrected chi connectivity index (χ3v) is 3.47. The van der Waals surface area contributed by atoms with Gasteiger partial charge >= 0.3 is 5.97 Å². The number of aryl methyl sites for hydroxylation is 2. The van der Waals surface area contributed by atoms with Gasteiger partial charge in [-0.05, 0) is 38.0 Å². The number of nitrogens with zero attached hydrogens (tertiary/aromatic N) is 1. The molecule has 0 radical (unpaired) electrons. The molecule has 7 nitrogen and oxygen atoms in total. The number of rotatable bonds is 7. The van der Waals surface area contributed by atoms with Crippen LogP contribution in [0, 0.1) is 13.8 Å². The lowest BCUT2D eigenvalue weighted by Gasteiger charge is -2.07. The fourth-order valence-electron chi connectivity index (χ4n) is 2.17. The van der Waals surface area contributed by atoms with Gasteiger partial charge in [-0.25, -0.2) is 4.79 Å². The lowest BCUT2D eigenvalue weighted by Crippen LogP contribution is -2.30. The Labute approximate surface area is 139 Å². The fraction of sp³-hybridized carbons (Fsp3) is 0.353. The Bertz CT molecular complexity index is 687. The van der Waals surface area contributed by atoms with Crippen molar-refractivity contribution in [3.8, 4) is 5.75 Å². The largest absolute Gasteiger partial charge is 0.497 e. The van der Waals surface area contributed by atoms with E-state index in [0.717, 1.165) is 11.3 Å². The van der Waals surface area contributed by atoms with E-state index in [1.54, 1.807) is 21.0 Å². The molecule has 0 saturated heterocycles. The van der Waals surface area contributed by atoms with Crippen molar-refractivity contribution in [2.45, 2.75) is 20.3 Å². The van der Waals surface area contributed by atoms with Crippen molar-refractivity contribution in [3.63, 3.8) is 0 Å². The Morgan fingerprint density at radius 2 is 1.92 bits per heavy atom. The molecule has 0 atom stereocenters. The van der Waals surface area contributed by atoms with Crippen molar-refractivity contribution in [3.05, 3.63) is 46.8 Å². The number of benzene rings is 1. The highest BCUT2D eigenvalue weighted by atomic mass is 16.5. The summed E-state index contributed by atoms with van der Waals surface area (Å²) in [5.74, 6) is 0.187. The van der Waals surface area contributed by atoms with Gasteiger partial charge in [0.05, 0.1) is 12.8 Å². The summed E-state index contributed by atoms with van der Waals surface area (Å²) in [6.45, 7) is 3.37. The number of ether oxygens (including phenoxy) is 2. The van der Waals surface area contributed by atoms with E-state index >= 15 is 0 Å². The van der Waals surface area contributed by atoms with Crippen LogP contribution in [0.25, 0.3) is 0 Å². The second kappa shape index (κ2) is 8.14. The van der Waals surface area contributed by atoms with E-state index in [1.165, 1.54) is 0 Å². The molecule has 0 saturated carbocycles. The highest BCUT2D eigenvalue weighted by Crippen LogP contribution is 2.13. The average Bonchev–Trinajstić information content (AvgIpc) is 2.92. The van der Waals surface area contributed by atoms with E-state index < -0.39 is 5.97 Å². The number of amides is 1. The molecule has 1 aromatic carbocycles. The molecule has 7 heteroatoms. The van der Waals surface area contributed by atoms with E-state index in [-0.39, 0.29) is 18.1 Å². The smallest absolute Gasteiger partial charge is 0.344 e. The zero-order valence-corrected chi connectivity index (χ0v) is 13.9. The number of nitrogens with one attached hydrogen (secondary N) is 1. The summed E-state index contributed by atoms with van der Waals surface area (Å²) in [7, 11) is 1.61. The predicted molar refractivity (Wildman–Crippen MR) is 86.0 cm³/mol. The average molecular weight is 332 g/mol. The molecular formula is C17H20N2O5. The minimum Gasteiger partial charge on any atom is -0.497 e. The van der Waals surface area contributed by atoms with Crippen molar-refractivity contribution in [1.29, 1.82) is 0 Å². The van der Waals surface area contributed by atoms with Crippen LogP contribution in [0.2, 0.25) is 0 Å². The second-order valence-corrected chi connectivity index (χ2v) is 5.22. The molecule has 1 N–H and O–H groups in total. The molecule has 2 aromatic rings. The molecule has 128 valence electrons. The maximum Gasteiger partial charge on any atom is 0.344 e. The molecule has 1 amide bonds. The first-order chi connectivity index (χ1) is 11.5. The molecule has 1 heterocycles. The molecule has 24 heavy (non-hydrogen) atoms. The van der Waals surface area contributed by atoms with Crippen LogP contribution < -0.4 is 10.1 Å². The van der Waals surface area contributed by atoms with Gasteiger partial charge in [-0.3, -0.25) is 4.79 Å². The van der Waals surface area contributed by atoms with Gasteiger partial charge in [-0.2, -0.15) is 0 Å². The van der Waals surface area contributed by atoms with Crippen LogP contribution in [0.3, 0.4) is 0 Å². The Morgan fingerprint density at radius 3 is 2.50 bits per heavy atom. The standard InChI is InChI=1S/C17H20N2O5/c1-11-16(12(2)24-19-11)17(21)23-10-15(20)18-9-8-13-4-6-14(22-3)7-5-13/h4-7H,8-10H2,1-3H3,(H,18,20). The van der Waals surface area contributed by atoms with Gasteiger partial charge in [-0.15, -0.1) is 0 Å². The van der Waals surface area contributed by atoms with Gasteiger partial charge in [0.15, 0.2) is 6.61 Å². The Kier molecular flexibility index (Phi) is 5.95. The summed E-state index contributed by atoms with van der Waals surface area (Å²) in [6, 6.07) is 7.59.